The van der Waals surface area contributed by atoms with Gasteiger partial charge in [0.15, 0.2) is 17.5 Å². The highest BCUT2D eigenvalue weighted by Crippen LogP contribution is 2.46. The molecule has 0 spiro atoms. The van der Waals surface area contributed by atoms with Crippen LogP contribution in [0.25, 0.3) is 93.0 Å². The number of benzene rings is 7. The van der Waals surface area contributed by atoms with Crippen molar-refractivity contribution < 1.29 is 0 Å². The van der Waals surface area contributed by atoms with Gasteiger partial charge in [-0.2, -0.15) is 0 Å². The fourth-order valence-electron chi connectivity index (χ4n) is 7.28. The van der Waals surface area contributed by atoms with Crippen molar-refractivity contribution in [3.8, 4) is 51.0 Å². The molecule has 0 bridgehead atoms. The molecule has 0 radical (unpaired) electrons. The highest BCUT2D eigenvalue weighted by molar-refractivity contribution is 7.26. The molecule has 50 heavy (non-hydrogen) atoms. The molecule has 0 saturated heterocycles. The third-order valence-electron chi connectivity index (χ3n) is 9.48. The first kappa shape index (κ1) is 28.6. The van der Waals surface area contributed by atoms with E-state index in [2.05, 4.69) is 138 Å². The molecule has 4 nitrogen and oxygen atoms in total. The minimum absolute atomic E-state index is 0.655. The molecule has 0 atom stereocenters. The number of hydrogen-bond donors (Lipinski definition) is 0. The first-order valence-electron chi connectivity index (χ1n) is 16.7. The van der Waals surface area contributed by atoms with E-state index in [4.69, 9.17) is 15.0 Å². The standard InChI is InChI=1S/C45H28N4S/c1-3-15-29(16-4-1)43-46-44(30-17-5-2-6-18-30)48-45(47-43)35-23-14-28-40-42(35)41-34(22-13-27-39(41)50-40)33-21-9-12-26-38(33)49-36-24-10-7-19-31(36)32-20-8-11-25-37(32)49/h1-28H. The fraction of sp³-hybridized carbons (Fsp3) is 0. The molecular formula is C45H28N4S. The maximum Gasteiger partial charge on any atom is 0.164 e. The summed E-state index contributed by atoms with van der Waals surface area (Å²) in [5, 5.41) is 4.86. The number of aromatic nitrogens is 4. The summed E-state index contributed by atoms with van der Waals surface area (Å²) in [4.78, 5) is 15.2. The summed E-state index contributed by atoms with van der Waals surface area (Å²) in [5.74, 6) is 1.97. The van der Waals surface area contributed by atoms with Gasteiger partial charge in [-0.05, 0) is 35.9 Å². The summed E-state index contributed by atoms with van der Waals surface area (Å²) >= 11 is 1.81. The van der Waals surface area contributed by atoms with Gasteiger partial charge in [-0.1, -0.05) is 140 Å². The zero-order chi connectivity index (χ0) is 33.0. The topological polar surface area (TPSA) is 43.6 Å². The Labute approximate surface area is 292 Å². The average molecular weight is 657 g/mol. The highest BCUT2D eigenvalue weighted by Gasteiger charge is 2.21. The van der Waals surface area contributed by atoms with Crippen LogP contribution >= 0.6 is 11.3 Å². The van der Waals surface area contributed by atoms with Crippen molar-refractivity contribution in [2.45, 2.75) is 0 Å². The Kier molecular flexibility index (Phi) is 6.64. The molecule has 10 aromatic rings. The van der Waals surface area contributed by atoms with E-state index in [0.29, 0.717) is 17.5 Å². The largest absolute Gasteiger partial charge is 0.309 e. The van der Waals surface area contributed by atoms with Gasteiger partial charge < -0.3 is 4.57 Å². The van der Waals surface area contributed by atoms with Crippen LogP contribution in [0.5, 0.6) is 0 Å². The van der Waals surface area contributed by atoms with Gasteiger partial charge in [0.05, 0.1) is 16.7 Å². The van der Waals surface area contributed by atoms with Crippen LogP contribution in [0.3, 0.4) is 0 Å². The lowest BCUT2D eigenvalue weighted by Crippen LogP contribution is -2.00. The van der Waals surface area contributed by atoms with Gasteiger partial charge in [0, 0.05) is 53.2 Å². The summed E-state index contributed by atoms with van der Waals surface area (Å²) in [6, 6.07) is 59.7. The summed E-state index contributed by atoms with van der Waals surface area (Å²) in [7, 11) is 0. The molecule has 0 aliphatic rings. The van der Waals surface area contributed by atoms with E-state index < -0.39 is 0 Å². The maximum absolute atomic E-state index is 5.14. The second kappa shape index (κ2) is 11.6. The van der Waals surface area contributed by atoms with Gasteiger partial charge >= 0.3 is 0 Å². The second-order valence-corrected chi connectivity index (χ2v) is 13.5. The van der Waals surface area contributed by atoms with Gasteiger partial charge in [-0.15, -0.1) is 11.3 Å². The average Bonchev–Trinajstić information content (AvgIpc) is 3.75. The van der Waals surface area contributed by atoms with E-state index >= 15 is 0 Å². The SMILES string of the molecule is c1ccc(-c2nc(-c3ccccc3)nc(-c3cccc4sc5cccc(-c6ccccc6-n6c7ccccc7c7ccccc76)c5c34)n2)cc1. The highest BCUT2D eigenvalue weighted by atomic mass is 32.1. The van der Waals surface area contributed by atoms with Crippen molar-refractivity contribution in [3.63, 3.8) is 0 Å². The Morgan fingerprint density at radius 2 is 0.820 bits per heavy atom. The number of thiophene rings is 1. The summed E-state index contributed by atoms with van der Waals surface area (Å²) in [6.45, 7) is 0. The predicted octanol–water partition coefficient (Wildman–Crippen LogP) is 12.0. The van der Waals surface area contributed by atoms with E-state index in [1.165, 1.54) is 47.7 Å². The molecule has 0 aliphatic carbocycles. The molecule has 0 amide bonds. The van der Waals surface area contributed by atoms with Crippen LogP contribution in [0.15, 0.2) is 170 Å². The Bertz CT molecular complexity index is 2760. The molecule has 234 valence electrons. The molecule has 3 aromatic heterocycles. The zero-order valence-electron chi connectivity index (χ0n) is 26.9. The van der Waals surface area contributed by atoms with Gasteiger partial charge in [0.2, 0.25) is 0 Å². The minimum Gasteiger partial charge on any atom is -0.309 e. The second-order valence-electron chi connectivity index (χ2n) is 12.4. The number of fused-ring (bicyclic) bond motifs is 6. The smallest absolute Gasteiger partial charge is 0.164 e. The molecule has 10 rings (SSSR count). The Hall–Kier alpha value is -6.43. The fourth-order valence-corrected chi connectivity index (χ4v) is 8.44. The van der Waals surface area contributed by atoms with Gasteiger partial charge in [0.1, 0.15) is 0 Å². The normalized spacial score (nSPS) is 11.6. The van der Waals surface area contributed by atoms with E-state index in [0.717, 1.165) is 27.8 Å². The van der Waals surface area contributed by atoms with Crippen LogP contribution in [0.4, 0.5) is 0 Å². The molecule has 0 fully saturated rings. The van der Waals surface area contributed by atoms with E-state index in [1.54, 1.807) is 0 Å². The third-order valence-corrected chi connectivity index (χ3v) is 10.6. The van der Waals surface area contributed by atoms with Crippen LogP contribution in [-0.4, -0.2) is 19.5 Å². The van der Waals surface area contributed by atoms with Crippen LogP contribution in [-0.2, 0) is 0 Å². The number of rotatable bonds is 5. The van der Waals surface area contributed by atoms with Crippen molar-refractivity contribution in [2.75, 3.05) is 0 Å². The van der Waals surface area contributed by atoms with Crippen LogP contribution in [0.1, 0.15) is 0 Å². The summed E-state index contributed by atoms with van der Waals surface area (Å²) in [5.41, 5.74) is 8.78. The first-order chi connectivity index (χ1) is 24.8. The molecule has 0 unspecified atom stereocenters. The Morgan fingerprint density at radius 1 is 0.360 bits per heavy atom. The van der Waals surface area contributed by atoms with E-state index in [1.807, 2.05) is 47.7 Å². The van der Waals surface area contributed by atoms with E-state index in [-0.39, 0.29) is 0 Å². The number of nitrogens with zero attached hydrogens (tertiary/aromatic N) is 4. The quantitative estimate of drug-likeness (QED) is 0.185. The lowest BCUT2D eigenvalue weighted by atomic mass is 9.95. The molecular weight excluding hydrogens is 629 g/mol. The van der Waals surface area contributed by atoms with Gasteiger partial charge in [-0.3, -0.25) is 0 Å². The van der Waals surface area contributed by atoms with E-state index in [9.17, 15) is 0 Å². The van der Waals surface area contributed by atoms with Crippen molar-refractivity contribution in [3.05, 3.63) is 170 Å². The molecule has 5 heteroatoms. The Morgan fingerprint density at radius 3 is 1.44 bits per heavy atom. The summed E-state index contributed by atoms with van der Waals surface area (Å²) < 4.78 is 4.84. The summed E-state index contributed by atoms with van der Waals surface area (Å²) in [6.07, 6.45) is 0. The monoisotopic (exact) mass is 656 g/mol. The first-order valence-corrected chi connectivity index (χ1v) is 17.5. The zero-order valence-corrected chi connectivity index (χ0v) is 27.7. The van der Waals surface area contributed by atoms with Crippen LogP contribution in [0, 0.1) is 0 Å². The molecule has 0 aliphatic heterocycles. The van der Waals surface area contributed by atoms with Crippen molar-refractivity contribution in [1.82, 2.24) is 19.5 Å². The van der Waals surface area contributed by atoms with Crippen LogP contribution in [0.2, 0.25) is 0 Å². The van der Waals surface area contributed by atoms with Crippen molar-refractivity contribution >= 4 is 53.3 Å². The third kappa shape index (κ3) is 4.55. The number of para-hydroxylation sites is 3. The van der Waals surface area contributed by atoms with Gasteiger partial charge in [0.25, 0.3) is 0 Å². The molecule has 3 heterocycles. The lowest BCUT2D eigenvalue weighted by Gasteiger charge is -2.15. The van der Waals surface area contributed by atoms with Gasteiger partial charge in [-0.25, -0.2) is 15.0 Å². The van der Waals surface area contributed by atoms with Crippen molar-refractivity contribution in [1.29, 1.82) is 0 Å². The minimum atomic E-state index is 0.655. The van der Waals surface area contributed by atoms with Crippen molar-refractivity contribution in [2.24, 2.45) is 0 Å². The van der Waals surface area contributed by atoms with Crippen LogP contribution < -0.4 is 0 Å². The predicted molar refractivity (Wildman–Crippen MR) is 209 cm³/mol. The molecule has 0 N–H and O–H groups in total. The lowest BCUT2D eigenvalue weighted by molar-refractivity contribution is 1.08. The number of hydrogen-bond acceptors (Lipinski definition) is 4. The molecule has 0 saturated carbocycles. The molecule has 7 aromatic carbocycles. The Balaban J connectivity index is 1.26. The maximum atomic E-state index is 5.14.